The van der Waals surface area contributed by atoms with Crippen LogP contribution in [-0.4, -0.2) is 29.6 Å². The molecule has 8 nitrogen and oxygen atoms in total. The van der Waals surface area contributed by atoms with Crippen molar-refractivity contribution in [1.29, 1.82) is 0 Å². The van der Waals surface area contributed by atoms with Crippen LogP contribution in [0.15, 0.2) is 50.7 Å². The number of rotatable bonds is 5. The summed E-state index contributed by atoms with van der Waals surface area (Å²) in [6.07, 6.45) is 3.68. The molecule has 0 amide bonds. The molecule has 0 radical (unpaired) electrons. The van der Waals surface area contributed by atoms with Crippen LogP contribution in [0.4, 0.5) is 0 Å². The van der Waals surface area contributed by atoms with Crippen molar-refractivity contribution in [3.05, 3.63) is 67.6 Å². The Labute approximate surface area is 162 Å². The fourth-order valence-corrected chi connectivity index (χ4v) is 3.29. The summed E-state index contributed by atoms with van der Waals surface area (Å²) in [4.78, 5) is 42.4. The van der Waals surface area contributed by atoms with Gasteiger partial charge in [0.2, 0.25) is 0 Å². The third kappa shape index (κ3) is 3.25. The average molecular weight is 433 g/mol. The first kappa shape index (κ1) is 18.8. The lowest BCUT2D eigenvalue weighted by atomic mass is 10.1. The van der Waals surface area contributed by atoms with Crippen molar-refractivity contribution in [3.8, 4) is 5.75 Å². The molecule has 2 heterocycles. The van der Waals surface area contributed by atoms with E-state index in [-0.39, 0.29) is 22.5 Å². The van der Waals surface area contributed by atoms with Crippen molar-refractivity contribution in [1.82, 2.24) is 18.7 Å². The van der Waals surface area contributed by atoms with Crippen LogP contribution in [0.1, 0.15) is 17.3 Å². The number of ketones is 1. The maximum absolute atomic E-state index is 13.0. The van der Waals surface area contributed by atoms with Crippen LogP contribution in [0, 0.1) is 0 Å². The van der Waals surface area contributed by atoms with Gasteiger partial charge in [0.05, 0.1) is 12.1 Å². The van der Waals surface area contributed by atoms with Crippen molar-refractivity contribution in [3.63, 3.8) is 0 Å². The van der Waals surface area contributed by atoms with E-state index < -0.39 is 23.6 Å². The third-order valence-electron chi connectivity index (χ3n) is 4.22. The normalized spacial score (nSPS) is 11.5. The van der Waals surface area contributed by atoms with E-state index in [4.69, 9.17) is 0 Å². The van der Waals surface area contributed by atoms with Gasteiger partial charge >= 0.3 is 5.69 Å². The molecule has 2 aromatic heterocycles. The zero-order valence-electron chi connectivity index (χ0n) is 14.7. The second-order valence-electron chi connectivity index (χ2n) is 5.91. The van der Waals surface area contributed by atoms with Gasteiger partial charge in [0.1, 0.15) is 5.75 Å². The molecule has 1 aromatic carbocycles. The van der Waals surface area contributed by atoms with E-state index in [0.29, 0.717) is 11.3 Å². The van der Waals surface area contributed by atoms with Crippen molar-refractivity contribution < 1.29 is 9.90 Å². The highest BCUT2D eigenvalue weighted by Gasteiger charge is 2.21. The smallest absolute Gasteiger partial charge is 0.332 e. The number of fused-ring (bicyclic) bond motifs is 1. The van der Waals surface area contributed by atoms with E-state index in [0.717, 1.165) is 4.57 Å². The SMILES string of the molecule is CC=CCn1c(Br)nc2c1c(=O)n(CC(=O)c1ccccc1O)c(=O)n2C. The highest BCUT2D eigenvalue weighted by atomic mass is 79.9. The van der Waals surface area contributed by atoms with E-state index in [1.54, 1.807) is 16.7 Å². The van der Waals surface area contributed by atoms with Gasteiger partial charge in [-0.15, -0.1) is 0 Å². The van der Waals surface area contributed by atoms with Crippen molar-refractivity contribution >= 4 is 32.9 Å². The molecule has 0 fully saturated rings. The largest absolute Gasteiger partial charge is 0.507 e. The first-order valence-electron chi connectivity index (χ1n) is 8.14. The number of carbonyl (C=O) groups excluding carboxylic acids is 1. The molecule has 0 bridgehead atoms. The molecule has 0 saturated carbocycles. The van der Waals surface area contributed by atoms with Crippen molar-refractivity contribution in [2.75, 3.05) is 0 Å². The molecule has 0 unspecified atom stereocenters. The number of allylic oxidation sites excluding steroid dienone is 2. The molecular weight excluding hydrogens is 416 g/mol. The summed E-state index contributed by atoms with van der Waals surface area (Å²) >= 11 is 3.31. The summed E-state index contributed by atoms with van der Waals surface area (Å²) in [5.74, 6) is -0.737. The number of aromatic nitrogens is 4. The number of halogens is 1. The Morgan fingerprint density at radius 2 is 1.96 bits per heavy atom. The molecule has 3 rings (SSSR count). The minimum Gasteiger partial charge on any atom is -0.507 e. The monoisotopic (exact) mass is 432 g/mol. The number of hydrogen-bond donors (Lipinski definition) is 1. The third-order valence-corrected chi connectivity index (χ3v) is 4.82. The first-order valence-corrected chi connectivity index (χ1v) is 8.94. The van der Waals surface area contributed by atoms with E-state index in [1.807, 2.05) is 19.1 Å². The lowest BCUT2D eigenvalue weighted by Crippen LogP contribution is -2.41. The number of aromatic hydroxyl groups is 1. The number of para-hydroxylation sites is 1. The number of phenolic OH excluding ortho intramolecular Hbond substituents is 1. The Bertz CT molecular complexity index is 1190. The van der Waals surface area contributed by atoms with Crippen LogP contribution >= 0.6 is 15.9 Å². The number of Topliss-reactive ketones (excluding diaryl/α,β-unsaturated/α-hetero) is 1. The van der Waals surface area contributed by atoms with Gasteiger partial charge in [-0.05, 0) is 35.0 Å². The molecule has 3 aromatic rings. The topological polar surface area (TPSA) is 99.1 Å². The zero-order chi connectivity index (χ0) is 19.7. The molecule has 0 saturated heterocycles. The van der Waals surface area contributed by atoms with E-state index in [9.17, 15) is 19.5 Å². The van der Waals surface area contributed by atoms with Gasteiger partial charge in [-0.2, -0.15) is 0 Å². The van der Waals surface area contributed by atoms with Gasteiger partial charge in [0.15, 0.2) is 21.7 Å². The van der Waals surface area contributed by atoms with Gasteiger partial charge < -0.3 is 9.67 Å². The van der Waals surface area contributed by atoms with Crippen molar-refractivity contribution in [2.24, 2.45) is 7.05 Å². The number of carbonyl (C=O) groups is 1. The molecule has 0 aliphatic carbocycles. The van der Waals surface area contributed by atoms with Gasteiger partial charge in [-0.25, -0.2) is 9.78 Å². The molecule has 140 valence electrons. The fraction of sp³-hybridized carbons (Fsp3) is 0.222. The summed E-state index contributed by atoms with van der Waals surface area (Å²) < 4.78 is 4.12. The van der Waals surface area contributed by atoms with Gasteiger partial charge in [0.25, 0.3) is 5.56 Å². The predicted molar refractivity (Wildman–Crippen MR) is 104 cm³/mol. The maximum atomic E-state index is 13.0. The standard InChI is InChI=1S/C18H17BrN4O4/c1-3-4-9-22-14-15(20-17(22)19)21(2)18(27)23(16(14)26)10-13(25)11-7-5-6-8-12(11)24/h3-8,24H,9-10H2,1-2H3. The summed E-state index contributed by atoms with van der Waals surface area (Å²) in [5, 5.41) is 9.85. The van der Waals surface area contributed by atoms with Crippen LogP contribution in [0.25, 0.3) is 11.2 Å². The van der Waals surface area contributed by atoms with E-state index >= 15 is 0 Å². The summed E-state index contributed by atoms with van der Waals surface area (Å²) in [5.41, 5.74) is -0.769. The maximum Gasteiger partial charge on any atom is 0.332 e. The Balaban J connectivity index is 2.19. The second-order valence-corrected chi connectivity index (χ2v) is 6.62. The summed E-state index contributed by atoms with van der Waals surface area (Å²) in [7, 11) is 1.49. The number of nitrogens with zero attached hydrogens (tertiary/aromatic N) is 4. The average Bonchev–Trinajstić information content (AvgIpc) is 2.98. The zero-order valence-corrected chi connectivity index (χ0v) is 16.3. The van der Waals surface area contributed by atoms with E-state index in [2.05, 4.69) is 20.9 Å². The molecule has 0 aliphatic heterocycles. The van der Waals surface area contributed by atoms with Crippen LogP contribution in [0.5, 0.6) is 5.75 Å². The minimum atomic E-state index is -0.653. The van der Waals surface area contributed by atoms with Gasteiger partial charge in [-0.1, -0.05) is 24.3 Å². The second kappa shape index (κ2) is 7.36. The van der Waals surface area contributed by atoms with Crippen LogP contribution < -0.4 is 11.2 Å². The molecule has 1 N–H and O–H groups in total. The lowest BCUT2D eigenvalue weighted by molar-refractivity contribution is 0.0966. The quantitative estimate of drug-likeness (QED) is 0.376. The van der Waals surface area contributed by atoms with Gasteiger partial charge in [0, 0.05) is 13.6 Å². The Hall–Kier alpha value is -2.94. The molecule has 0 spiro atoms. The van der Waals surface area contributed by atoms with Crippen LogP contribution in [0.2, 0.25) is 0 Å². The molecule has 0 aliphatic rings. The molecule has 27 heavy (non-hydrogen) atoms. The Morgan fingerprint density at radius 3 is 2.63 bits per heavy atom. The number of imidazole rings is 1. The fourth-order valence-electron chi connectivity index (χ4n) is 2.80. The summed E-state index contributed by atoms with van der Waals surface area (Å²) in [6.45, 7) is 1.76. The van der Waals surface area contributed by atoms with Crippen molar-refractivity contribution in [2.45, 2.75) is 20.0 Å². The first-order chi connectivity index (χ1) is 12.9. The van der Waals surface area contributed by atoms with Crippen LogP contribution in [0.3, 0.4) is 0 Å². The minimum absolute atomic E-state index is 0.0511. The molecule has 0 atom stereocenters. The molecule has 9 heteroatoms. The lowest BCUT2D eigenvalue weighted by Gasteiger charge is -2.09. The van der Waals surface area contributed by atoms with E-state index in [1.165, 1.54) is 23.7 Å². The van der Waals surface area contributed by atoms with Crippen LogP contribution in [-0.2, 0) is 20.1 Å². The van der Waals surface area contributed by atoms with Gasteiger partial charge in [-0.3, -0.25) is 18.7 Å². The number of phenols is 1. The predicted octanol–water partition coefficient (Wildman–Crippen LogP) is 1.82. The highest BCUT2D eigenvalue weighted by molar-refractivity contribution is 9.10. The Kier molecular flexibility index (Phi) is 5.13. The molecular formula is C18H17BrN4O4. The Morgan fingerprint density at radius 1 is 1.26 bits per heavy atom. The number of aryl methyl sites for hydroxylation is 1. The number of benzene rings is 1. The highest BCUT2D eigenvalue weighted by Crippen LogP contribution is 2.18. The number of hydrogen-bond acceptors (Lipinski definition) is 5. The summed E-state index contributed by atoms with van der Waals surface area (Å²) in [6, 6.07) is 6.00.